The van der Waals surface area contributed by atoms with Crippen molar-refractivity contribution in [3.05, 3.63) is 69.2 Å². The van der Waals surface area contributed by atoms with Crippen LogP contribution in [-0.4, -0.2) is 0 Å². The molecule has 0 saturated carbocycles. The van der Waals surface area contributed by atoms with E-state index in [4.69, 9.17) is 11.6 Å². The van der Waals surface area contributed by atoms with Crippen molar-refractivity contribution in [2.45, 2.75) is 19.2 Å². The smallest absolute Gasteiger partial charge is 0.0846 e. The molecule has 0 radical (unpaired) electrons. The third-order valence-electron chi connectivity index (χ3n) is 2.79. The van der Waals surface area contributed by atoms with Gasteiger partial charge in [0.25, 0.3) is 0 Å². The summed E-state index contributed by atoms with van der Waals surface area (Å²) in [6, 6.07) is 14.6. The first-order valence-electron chi connectivity index (χ1n) is 5.54. The molecular formula is C15H14BrCl. The topological polar surface area (TPSA) is 0 Å². The fraction of sp³-hybridized carbons (Fsp3) is 0.200. The lowest BCUT2D eigenvalue weighted by atomic mass is 10.0. The number of rotatable bonds is 2. The molecule has 0 aliphatic rings. The van der Waals surface area contributed by atoms with Crippen LogP contribution >= 0.6 is 27.5 Å². The van der Waals surface area contributed by atoms with E-state index < -0.39 is 0 Å². The Morgan fingerprint density at radius 3 is 2.18 bits per heavy atom. The van der Waals surface area contributed by atoms with E-state index in [9.17, 15) is 0 Å². The van der Waals surface area contributed by atoms with Gasteiger partial charge in [-0.05, 0) is 31.0 Å². The van der Waals surface area contributed by atoms with Crippen LogP contribution in [0.3, 0.4) is 0 Å². The predicted octanol–water partition coefficient (Wildman–Crippen LogP) is 5.39. The van der Waals surface area contributed by atoms with Gasteiger partial charge in [0.2, 0.25) is 0 Å². The number of benzene rings is 2. The quantitative estimate of drug-likeness (QED) is 0.652. The molecule has 1 atom stereocenters. The lowest BCUT2D eigenvalue weighted by molar-refractivity contribution is 1.12. The maximum atomic E-state index is 6.53. The molecule has 2 heteroatoms. The molecule has 0 fully saturated rings. The van der Waals surface area contributed by atoms with Gasteiger partial charge in [-0.25, -0.2) is 0 Å². The normalized spacial score (nSPS) is 12.5. The van der Waals surface area contributed by atoms with E-state index in [1.807, 2.05) is 6.07 Å². The summed E-state index contributed by atoms with van der Waals surface area (Å²) < 4.78 is 1.06. The van der Waals surface area contributed by atoms with Gasteiger partial charge in [-0.15, -0.1) is 11.6 Å². The summed E-state index contributed by atoms with van der Waals surface area (Å²) >= 11 is 10.1. The Balaban J connectivity index is 2.39. The molecular weight excluding hydrogens is 296 g/mol. The van der Waals surface area contributed by atoms with Crippen LogP contribution in [0.4, 0.5) is 0 Å². The van der Waals surface area contributed by atoms with Gasteiger partial charge in [0.05, 0.1) is 5.38 Å². The molecule has 0 aromatic heterocycles. The van der Waals surface area contributed by atoms with Crippen LogP contribution in [0, 0.1) is 13.8 Å². The molecule has 0 aliphatic heterocycles. The average Bonchev–Trinajstić information content (AvgIpc) is 2.32. The predicted molar refractivity (Wildman–Crippen MR) is 77.8 cm³/mol. The second kappa shape index (κ2) is 5.24. The largest absolute Gasteiger partial charge is 0.113 e. The van der Waals surface area contributed by atoms with E-state index in [2.05, 4.69) is 66.2 Å². The molecule has 0 heterocycles. The van der Waals surface area contributed by atoms with Gasteiger partial charge in [-0.2, -0.15) is 0 Å². The lowest BCUT2D eigenvalue weighted by Crippen LogP contribution is -1.95. The minimum absolute atomic E-state index is 0.107. The summed E-state index contributed by atoms with van der Waals surface area (Å²) in [4.78, 5) is 0. The van der Waals surface area contributed by atoms with Gasteiger partial charge in [0.15, 0.2) is 0 Å². The van der Waals surface area contributed by atoms with Gasteiger partial charge in [0, 0.05) is 4.47 Å². The highest BCUT2D eigenvalue weighted by Crippen LogP contribution is 2.34. The fourth-order valence-electron chi connectivity index (χ4n) is 1.77. The molecule has 2 aromatic rings. The Morgan fingerprint density at radius 2 is 1.53 bits per heavy atom. The van der Waals surface area contributed by atoms with Crippen LogP contribution in [-0.2, 0) is 0 Å². The molecule has 0 amide bonds. The first-order valence-corrected chi connectivity index (χ1v) is 6.77. The standard InChI is InChI=1S/C15H14BrCl/c1-10-3-6-12(7-4-10)15(17)13-9-11(2)5-8-14(13)16/h3-9,15H,1-2H3. The molecule has 17 heavy (non-hydrogen) atoms. The lowest BCUT2D eigenvalue weighted by Gasteiger charge is -2.13. The van der Waals surface area contributed by atoms with E-state index in [-0.39, 0.29) is 5.38 Å². The van der Waals surface area contributed by atoms with Crippen LogP contribution < -0.4 is 0 Å². The van der Waals surface area contributed by atoms with E-state index in [0.29, 0.717) is 0 Å². The van der Waals surface area contributed by atoms with Crippen molar-refractivity contribution >= 4 is 27.5 Å². The number of hydrogen-bond acceptors (Lipinski definition) is 0. The van der Waals surface area contributed by atoms with Gasteiger partial charge in [-0.3, -0.25) is 0 Å². The highest BCUT2D eigenvalue weighted by atomic mass is 79.9. The fourth-order valence-corrected chi connectivity index (χ4v) is 2.71. The molecule has 0 aliphatic carbocycles. The van der Waals surface area contributed by atoms with E-state index in [0.717, 1.165) is 15.6 Å². The minimum atomic E-state index is -0.107. The Bertz CT molecular complexity index is 517. The zero-order valence-corrected chi connectivity index (χ0v) is 12.2. The van der Waals surface area contributed by atoms with Crippen molar-refractivity contribution in [2.75, 3.05) is 0 Å². The van der Waals surface area contributed by atoms with Gasteiger partial charge in [0.1, 0.15) is 0 Å². The second-order valence-corrected chi connectivity index (χ2v) is 5.59. The second-order valence-electron chi connectivity index (χ2n) is 4.30. The molecule has 0 spiro atoms. The zero-order chi connectivity index (χ0) is 12.4. The van der Waals surface area contributed by atoms with Crippen molar-refractivity contribution < 1.29 is 0 Å². The maximum Gasteiger partial charge on any atom is 0.0846 e. The maximum absolute atomic E-state index is 6.53. The third kappa shape index (κ3) is 2.91. The SMILES string of the molecule is Cc1ccc(C(Cl)c2cc(C)ccc2Br)cc1. The molecule has 0 saturated heterocycles. The number of aryl methyl sites for hydroxylation is 2. The van der Waals surface area contributed by atoms with Crippen LogP contribution in [0.5, 0.6) is 0 Å². The summed E-state index contributed by atoms with van der Waals surface area (Å²) in [6.45, 7) is 4.16. The first kappa shape index (κ1) is 12.7. The van der Waals surface area contributed by atoms with Gasteiger partial charge in [-0.1, -0.05) is 63.5 Å². The van der Waals surface area contributed by atoms with Crippen LogP contribution in [0.2, 0.25) is 0 Å². The minimum Gasteiger partial charge on any atom is -0.113 e. The summed E-state index contributed by atoms with van der Waals surface area (Å²) in [5.74, 6) is 0. The molecule has 2 aromatic carbocycles. The third-order valence-corrected chi connectivity index (χ3v) is 4.00. The summed E-state index contributed by atoms with van der Waals surface area (Å²) in [7, 11) is 0. The van der Waals surface area contributed by atoms with E-state index in [1.54, 1.807) is 0 Å². The van der Waals surface area contributed by atoms with Crippen molar-refractivity contribution in [1.29, 1.82) is 0 Å². The summed E-state index contributed by atoms with van der Waals surface area (Å²) in [6.07, 6.45) is 0. The van der Waals surface area contributed by atoms with Crippen molar-refractivity contribution in [3.8, 4) is 0 Å². The highest BCUT2D eigenvalue weighted by molar-refractivity contribution is 9.10. The van der Waals surface area contributed by atoms with Crippen LogP contribution in [0.1, 0.15) is 27.6 Å². The van der Waals surface area contributed by atoms with E-state index in [1.165, 1.54) is 11.1 Å². The Labute approximate surface area is 116 Å². The van der Waals surface area contributed by atoms with Gasteiger partial charge >= 0.3 is 0 Å². The Hall–Kier alpha value is -0.790. The Kier molecular flexibility index (Phi) is 3.90. The number of alkyl halides is 1. The van der Waals surface area contributed by atoms with Crippen LogP contribution in [0.25, 0.3) is 0 Å². The number of halogens is 2. The monoisotopic (exact) mass is 308 g/mol. The molecule has 2 rings (SSSR count). The zero-order valence-electron chi connectivity index (χ0n) is 9.87. The highest BCUT2D eigenvalue weighted by Gasteiger charge is 2.13. The Morgan fingerprint density at radius 1 is 0.941 bits per heavy atom. The average molecular weight is 310 g/mol. The summed E-state index contributed by atoms with van der Waals surface area (Å²) in [5.41, 5.74) is 4.72. The van der Waals surface area contributed by atoms with Crippen molar-refractivity contribution in [2.24, 2.45) is 0 Å². The first-order chi connectivity index (χ1) is 8.08. The molecule has 88 valence electrons. The van der Waals surface area contributed by atoms with Crippen LogP contribution in [0.15, 0.2) is 46.9 Å². The van der Waals surface area contributed by atoms with Crippen molar-refractivity contribution in [1.82, 2.24) is 0 Å². The molecule has 0 N–H and O–H groups in total. The summed E-state index contributed by atoms with van der Waals surface area (Å²) in [5, 5.41) is -0.107. The van der Waals surface area contributed by atoms with Gasteiger partial charge < -0.3 is 0 Å². The number of hydrogen-bond donors (Lipinski definition) is 0. The van der Waals surface area contributed by atoms with E-state index >= 15 is 0 Å². The molecule has 0 bridgehead atoms. The van der Waals surface area contributed by atoms with Crippen molar-refractivity contribution in [3.63, 3.8) is 0 Å². The molecule has 1 unspecified atom stereocenters. The molecule has 0 nitrogen and oxygen atoms in total.